The monoisotopic (exact) mass is 361 g/mol. The van der Waals surface area contributed by atoms with Crippen molar-refractivity contribution in [3.05, 3.63) is 23.3 Å². The Morgan fingerprint density at radius 2 is 1.92 bits per heavy atom. The van der Waals surface area contributed by atoms with Crippen molar-refractivity contribution >= 4 is 5.97 Å². The van der Waals surface area contributed by atoms with Gasteiger partial charge in [0.05, 0.1) is 25.8 Å². The molecule has 140 valence electrons. The summed E-state index contributed by atoms with van der Waals surface area (Å²) in [6, 6.07) is 3.78. The van der Waals surface area contributed by atoms with Crippen molar-refractivity contribution in [2.45, 2.75) is 42.3 Å². The lowest BCUT2D eigenvalue weighted by Gasteiger charge is -2.45. The summed E-state index contributed by atoms with van der Waals surface area (Å²) in [5.41, 5.74) is 1.26. The van der Waals surface area contributed by atoms with E-state index in [-0.39, 0.29) is 41.8 Å². The topological polar surface area (TPSA) is 69.8 Å². The Morgan fingerprint density at radius 1 is 1.19 bits per heavy atom. The van der Waals surface area contributed by atoms with Crippen LogP contribution in [0.3, 0.4) is 0 Å². The fourth-order valence-electron chi connectivity index (χ4n) is 5.41. The first kappa shape index (κ1) is 16.4. The average molecular weight is 361 g/mol. The molecule has 26 heavy (non-hydrogen) atoms. The van der Waals surface area contributed by atoms with Gasteiger partial charge in [-0.1, -0.05) is 0 Å². The number of likely N-dealkylation sites (tertiary alicyclic amines) is 1. The standard InChI is InChI=1S/C19H23NO6/c1-20-6-5-19-16(20)13-9-7-11(22-2)12(23-3)8-10(9)18(21)25-14(13)15(24-4)17(19)26-19/h7-8,13-17H,5-6H2,1-4H3/t13-,14+,15-,16+,17+,19-/m1/s1. The third-order valence-corrected chi connectivity index (χ3v) is 6.57. The van der Waals surface area contributed by atoms with E-state index in [1.807, 2.05) is 6.07 Å². The number of esters is 1. The third kappa shape index (κ3) is 1.86. The molecule has 0 unspecified atom stereocenters. The zero-order valence-electron chi connectivity index (χ0n) is 15.4. The Kier molecular flexibility index (Phi) is 3.36. The predicted molar refractivity (Wildman–Crippen MR) is 90.9 cm³/mol. The second kappa shape index (κ2) is 5.34. The summed E-state index contributed by atoms with van der Waals surface area (Å²) in [6.45, 7) is 0.956. The minimum absolute atomic E-state index is 0.0156. The molecule has 1 aromatic rings. The van der Waals surface area contributed by atoms with E-state index in [2.05, 4.69) is 11.9 Å². The zero-order chi connectivity index (χ0) is 18.2. The van der Waals surface area contributed by atoms with E-state index in [1.165, 1.54) is 0 Å². The Labute approximate surface area is 152 Å². The minimum atomic E-state index is -0.371. The van der Waals surface area contributed by atoms with Crippen LogP contribution in [0.15, 0.2) is 12.1 Å². The fourth-order valence-corrected chi connectivity index (χ4v) is 5.41. The molecular weight excluding hydrogens is 338 g/mol. The summed E-state index contributed by atoms with van der Waals surface area (Å²) in [6.07, 6.45) is 0.328. The SMILES string of the molecule is COc1cc2c(cc1OC)[C@@H]1[C@H](OC2=O)[C@@H](OC)[C@@H]2O[C@@]23CCN(C)[C@@H]13. The maximum atomic E-state index is 12.7. The highest BCUT2D eigenvalue weighted by Gasteiger charge is 2.76. The number of carbonyl (C=O) groups excluding carboxylic acids is 1. The number of benzene rings is 1. The normalized spacial score (nSPS) is 40.0. The van der Waals surface area contributed by atoms with Crippen LogP contribution in [0.2, 0.25) is 0 Å². The van der Waals surface area contributed by atoms with E-state index >= 15 is 0 Å². The number of epoxide rings is 1. The Morgan fingerprint density at radius 3 is 2.62 bits per heavy atom. The number of ether oxygens (including phenoxy) is 5. The summed E-state index contributed by atoms with van der Waals surface area (Å²) in [7, 11) is 6.93. The van der Waals surface area contributed by atoms with Crippen LogP contribution in [0.4, 0.5) is 0 Å². The summed E-state index contributed by atoms with van der Waals surface area (Å²) < 4.78 is 28.7. The lowest BCUT2D eigenvalue weighted by atomic mass is 9.69. The Bertz CT molecular complexity index is 782. The number of rotatable bonds is 3. The summed E-state index contributed by atoms with van der Waals surface area (Å²) in [4.78, 5) is 15.1. The molecule has 0 radical (unpaired) electrons. The van der Waals surface area contributed by atoms with Crippen LogP contribution in [0.5, 0.6) is 11.5 Å². The van der Waals surface area contributed by atoms with Gasteiger partial charge >= 0.3 is 5.97 Å². The molecule has 1 spiro atoms. The molecule has 0 amide bonds. The molecule has 0 bridgehead atoms. The van der Waals surface area contributed by atoms with Crippen LogP contribution in [0.25, 0.3) is 0 Å². The van der Waals surface area contributed by atoms with Gasteiger partial charge in [0.25, 0.3) is 0 Å². The third-order valence-electron chi connectivity index (χ3n) is 6.57. The number of likely N-dealkylation sites (N-methyl/N-ethyl adjacent to an activating group) is 1. The molecular formula is C19H23NO6. The Hall–Kier alpha value is -1.83. The van der Waals surface area contributed by atoms with E-state index in [9.17, 15) is 4.79 Å². The van der Waals surface area contributed by atoms with Crippen LogP contribution in [0, 0.1) is 0 Å². The molecule has 3 heterocycles. The van der Waals surface area contributed by atoms with E-state index in [0.717, 1.165) is 18.5 Å². The van der Waals surface area contributed by atoms with Crippen LogP contribution >= 0.6 is 0 Å². The highest BCUT2D eigenvalue weighted by molar-refractivity contribution is 5.94. The second-order valence-corrected chi connectivity index (χ2v) is 7.56. The second-order valence-electron chi connectivity index (χ2n) is 7.56. The van der Waals surface area contributed by atoms with Crippen molar-refractivity contribution in [2.24, 2.45) is 0 Å². The molecule has 0 aromatic heterocycles. The maximum Gasteiger partial charge on any atom is 0.338 e. The fraction of sp³-hybridized carbons (Fsp3) is 0.632. The molecule has 3 fully saturated rings. The minimum Gasteiger partial charge on any atom is -0.493 e. The summed E-state index contributed by atoms with van der Waals surface area (Å²) in [5, 5.41) is 0. The number of hydrogen-bond acceptors (Lipinski definition) is 7. The average Bonchev–Trinajstić information content (AvgIpc) is 3.29. The van der Waals surface area contributed by atoms with Crippen LogP contribution in [-0.2, 0) is 14.2 Å². The van der Waals surface area contributed by atoms with Crippen molar-refractivity contribution in [3.8, 4) is 11.5 Å². The van der Waals surface area contributed by atoms with Gasteiger partial charge in [0.15, 0.2) is 11.5 Å². The van der Waals surface area contributed by atoms with Gasteiger partial charge in [-0.3, -0.25) is 4.90 Å². The number of nitrogens with zero attached hydrogens (tertiary/aromatic N) is 1. The van der Waals surface area contributed by atoms with Gasteiger partial charge < -0.3 is 23.7 Å². The van der Waals surface area contributed by atoms with Gasteiger partial charge in [-0.25, -0.2) is 4.79 Å². The van der Waals surface area contributed by atoms with Gasteiger partial charge in [0.1, 0.15) is 23.9 Å². The van der Waals surface area contributed by atoms with Crippen molar-refractivity contribution in [3.63, 3.8) is 0 Å². The van der Waals surface area contributed by atoms with Gasteiger partial charge in [0.2, 0.25) is 0 Å². The summed E-state index contributed by atoms with van der Waals surface area (Å²) >= 11 is 0. The number of hydrogen-bond donors (Lipinski definition) is 0. The highest BCUT2D eigenvalue weighted by atomic mass is 16.7. The van der Waals surface area contributed by atoms with Crippen molar-refractivity contribution in [1.29, 1.82) is 0 Å². The largest absolute Gasteiger partial charge is 0.493 e. The first-order valence-corrected chi connectivity index (χ1v) is 8.93. The van der Waals surface area contributed by atoms with Gasteiger partial charge in [0, 0.05) is 19.6 Å². The van der Waals surface area contributed by atoms with E-state index in [1.54, 1.807) is 27.4 Å². The molecule has 2 saturated heterocycles. The van der Waals surface area contributed by atoms with Crippen LogP contribution in [-0.4, -0.2) is 75.7 Å². The maximum absolute atomic E-state index is 12.7. The smallest absolute Gasteiger partial charge is 0.338 e. The van der Waals surface area contributed by atoms with Crippen molar-refractivity contribution in [2.75, 3.05) is 34.9 Å². The number of methoxy groups -OCH3 is 3. The molecule has 7 nitrogen and oxygen atoms in total. The molecule has 3 aliphatic heterocycles. The van der Waals surface area contributed by atoms with Gasteiger partial charge in [-0.2, -0.15) is 0 Å². The van der Waals surface area contributed by atoms with E-state index in [4.69, 9.17) is 23.7 Å². The quantitative estimate of drug-likeness (QED) is 0.592. The lowest BCUT2D eigenvalue weighted by molar-refractivity contribution is -0.0778. The molecule has 7 heteroatoms. The van der Waals surface area contributed by atoms with Crippen molar-refractivity contribution < 1.29 is 28.5 Å². The highest BCUT2D eigenvalue weighted by Crippen LogP contribution is 2.61. The van der Waals surface area contributed by atoms with E-state index < -0.39 is 0 Å². The first-order valence-electron chi connectivity index (χ1n) is 8.93. The molecule has 1 saturated carbocycles. The molecule has 4 aliphatic rings. The number of fused-ring (bicyclic) bond motifs is 4. The van der Waals surface area contributed by atoms with Gasteiger partial charge in [-0.05, 0) is 31.2 Å². The van der Waals surface area contributed by atoms with Crippen LogP contribution in [0.1, 0.15) is 28.3 Å². The van der Waals surface area contributed by atoms with E-state index in [0.29, 0.717) is 17.1 Å². The van der Waals surface area contributed by atoms with Crippen LogP contribution < -0.4 is 9.47 Å². The Balaban J connectivity index is 1.69. The summed E-state index contributed by atoms with van der Waals surface area (Å²) in [5.74, 6) is 0.759. The lowest BCUT2D eigenvalue weighted by Crippen LogP contribution is -2.59. The number of carbonyl (C=O) groups is 1. The zero-order valence-corrected chi connectivity index (χ0v) is 15.4. The predicted octanol–water partition coefficient (Wildman–Crippen LogP) is 1.20. The molecule has 1 aliphatic carbocycles. The van der Waals surface area contributed by atoms with Crippen molar-refractivity contribution in [1.82, 2.24) is 4.90 Å². The molecule has 6 atom stereocenters. The first-order chi connectivity index (χ1) is 12.6. The van der Waals surface area contributed by atoms with Gasteiger partial charge in [-0.15, -0.1) is 0 Å². The molecule has 5 rings (SSSR count). The molecule has 1 aromatic carbocycles. The molecule has 0 N–H and O–H groups in total.